The molecule has 0 atom stereocenters. The van der Waals surface area contributed by atoms with Crippen molar-refractivity contribution in [3.8, 4) is 0 Å². The van der Waals surface area contributed by atoms with Crippen LogP contribution in [-0.4, -0.2) is 56.0 Å². The second kappa shape index (κ2) is 6.81. The molecule has 7 heteroatoms. The lowest BCUT2D eigenvalue weighted by atomic mass is 10.3. The van der Waals surface area contributed by atoms with Crippen molar-refractivity contribution in [2.45, 2.75) is 23.1 Å². The summed E-state index contributed by atoms with van der Waals surface area (Å²) in [5.41, 5.74) is 0. The molecular formula is C14H20N2O3S2. The van der Waals surface area contributed by atoms with Gasteiger partial charge in [-0.25, -0.2) is 8.42 Å². The standard InChI is InChI=1S/C14H20N2O3S2/c1-3-14(17)15-8-10-16(11-9-15)21(18,19)13-6-4-12(20-2)5-7-13/h4-7H,3,8-11H2,1-2H3. The van der Waals surface area contributed by atoms with Crippen molar-refractivity contribution in [2.75, 3.05) is 32.4 Å². The second-order valence-electron chi connectivity index (χ2n) is 4.81. The maximum atomic E-state index is 12.5. The molecule has 0 radical (unpaired) electrons. The minimum Gasteiger partial charge on any atom is -0.340 e. The number of carbonyl (C=O) groups excluding carboxylic acids is 1. The molecule has 0 N–H and O–H groups in total. The van der Waals surface area contributed by atoms with Crippen LogP contribution in [0.25, 0.3) is 0 Å². The number of piperazine rings is 1. The van der Waals surface area contributed by atoms with E-state index in [2.05, 4.69) is 0 Å². The van der Waals surface area contributed by atoms with Gasteiger partial charge in [-0.05, 0) is 30.5 Å². The molecule has 21 heavy (non-hydrogen) atoms. The molecule has 116 valence electrons. The summed E-state index contributed by atoms with van der Waals surface area (Å²) >= 11 is 1.58. The molecular weight excluding hydrogens is 308 g/mol. The monoisotopic (exact) mass is 328 g/mol. The largest absolute Gasteiger partial charge is 0.340 e. The third-order valence-corrected chi connectivity index (χ3v) is 6.25. The van der Waals surface area contributed by atoms with Crippen LogP contribution < -0.4 is 0 Å². The minimum atomic E-state index is -3.46. The Morgan fingerprint density at radius 3 is 2.19 bits per heavy atom. The van der Waals surface area contributed by atoms with E-state index >= 15 is 0 Å². The van der Waals surface area contributed by atoms with Gasteiger partial charge in [-0.1, -0.05) is 6.92 Å². The summed E-state index contributed by atoms with van der Waals surface area (Å²) in [5.74, 6) is 0.0800. The average molecular weight is 328 g/mol. The third kappa shape index (κ3) is 3.59. The average Bonchev–Trinajstić information content (AvgIpc) is 2.54. The van der Waals surface area contributed by atoms with Crippen molar-refractivity contribution in [1.29, 1.82) is 0 Å². The number of carbonyl (C=O) groups is 1. The lowest BCUT2D eigenvalue weighted by molar-refractivity contribution is -0.132. The van der Waals surface area contributed by atoms with Crippen molar-refractivity contribution in [3.63, 3.8) is 0 Å². The van der Waals surface area contributed by atoms with Gasteiger partial charge in [-0.15, -0.1) is 11.8 Å². The number of benzene rings is 1. The predicted molar refractivity (Wildman–Crippen MR) is 83.9 cm³/mol. The summed E-state index contributed by atoms with van der Waals surface area (Å²) in [4.78, 5) is 14.7. The van der Waals surface area contributed by atoms with Gasteiger partial charge in [0.05, 0.1) is 4.90 Å². The molecule has 0 spiro atoms. The van der Waals surface area contributed by atoms with Crippen LogP contribution in [0.1, 0.15) is 13.3 Å². The van der Waals surface area contributed by atoms with Gasteiger partial charge >= 0.3 is 0 Å². The van der Waals surface area contributed by atoms with E-state index in [4.69, 9.17) is 0 Å². The molecule has 1 fully saturated rings. The van der Waals surface area contributed by atoms with Crippen LogP contribution in [0.15, 0.2) is 34.1 Å². The number of nitrogens with zero attached hydrogens (tertiary/aromatic N) is 2. The molecule has 0 aromatic heterocycles. The lowest BCUT2D eigenvalue weighted by Crippen LogP contribution is -2.50. The topological polar surface area (TPSA) is 57.7 Å². The van der Waals surface area contributed by atoms with Gasteiger partial charge < -0.3 is 4.90 Å². The number of hydrogen-bond donors (Lipinski definition) is 0. The van der Waals surface area contributed by atoms with Gasteiger partial charge in [0.15, 0.2) is 0 Å². The first kappa shape index (κ1) is 16.3. The fraction of sp³-hybridized carbons (Fsp3) is 0.500. The predicted octanol–water partition coefficient (Wildman–Crippen LogP) is 1.65. The Balaban J connectivity index is 2.09. The highest BCUT2D eigenvalue weighted by molar-refractivity contribution is 7.98. The minimum absolute atomic E-state index is 0.0800. The Morgan fingerprint density at radius 1 is 1.14 bits per heavy atom. The van der Waals surface area contributed by atoms with Gasteiger partial charge in [0.25, 0.3) is 0 Å². The van der Waals surface area contributed by atoms with Crippen LogP contribution in [0.5, 0.6) is 0 Å². The van der Waals surface area contributed by atoms with E-state index in [9.17, 15) is 13.2 Å². The van der Waals surface area contributed by atoms with Crippen molar-refractivity contribution in [2.24, 2.45) is 0 Å². The van der Waals surface area contributed by atoms with Crippen molar-refractivity contribution in [1.82, 2.24) is 9.21 Å². The number of thioether (sulfide) groups is 1. The number of amides is 1. The molecule has 1 saturated heterocycles. The molecule has 1 amide bonds. The van der Waals surface area contributed by atoms with E-state index in [-0.39, 0.29) is 5.91 Å². The Bertz CT molecular complexity index is 591. The number of rotatable bonds is 4. The van der Waals surface area contributed by atoms with Crippen LogP contribution in [0.2, 0.25) is 0 Å². The number of hydrogen-bond acceptors (Lipinski definition) is 4. The molecule has 0 aliphatic carbocycles. The highest BCUT2D eigenvalue weighted by atomic mass is 32.2. The van der Waals surface area contributed by atoms with Gasteiger partial charge in [0.1, 0.15) is 0 Å². The second-order valence-corrected chi connectivity index (χ2v) is 7.63. The fourth-order valence-corrected chi connectivity index (χ4v) is 4.13. The SMILES string of the molecule is CCC(=O)N1CCN(S(=O)(=O)c2ccc(SC)cc2)CC1. The normalized spacial score (nSPS) is 17.0. The zero-order valence-corrected chi connectivity index (χ0v) is 13.9. The summed E-state index contributed by atoms with van der Waals surface area (Å²) in [7, 11) is -3.46. The molecule has 1 aliphatic heterocycles. The summed E-state index contributed by atoms with van der Waals surface area (Å²) in [6.45, 7) is 3.47. The van der Waals surface area contributed by atoms with Crippen molar-refractivity contribution in [3.05, 3.63) is 24.3 Å². The van der Waals surface area contributed by atoms with Gasteiger partial charge in [0.2, 0.25) is 15.9 Å². The fourth-order valence-electron chi connectivity index (χ4n) is 2.30. The smallest absolute Gasteiger partial charge is 0.243 e. The van der Waals surface area contributed by atoms with E-state index in [1.807, 2.05) is 25.3 Å². The third-order valence-electron chi connectivity index (χ3n) is 3.59. The molecule has 0 unspecified atom stereocenters. The molecule has 0 saturated carbocycles. The molecule has 5 nitrogen and oxygen atoms in total. The first-order valence-corrected chi connectivity index (χ1v) is 9.57. The van der Waals surface area contributed by atoms with Crippen LogP contribution in [0.3, 0.4) is 0 Å². The van der Waals surface area contributed by atoms with Crippen LogP contribution in [-0.2, 0) is 14.8 Å². The van der Waals surface area contributed by atoms with Crippen molar-refractivity contribution >= 4 is 27.7 Å². The van der Waals surface area contributed by atoms with Crippen LogP contribution >= 0.6 is 11.8 Å². The molecule has 1 heterocycles. The molecule has 1 aliphatic rings. The summed E-state index contributed by atoms with van der Waals surface area (Å²) in [6.07, 6.45) is 2.41. The zero-order chi connectivity index (χ0) is 15.5. The van der Waals surface area contributed by atoms with Gasteiger partial charge in [-0.2, -0.15) is 4.31 Å². The van der Waals surface area contributed by atoms with Crippen molar-refractivity contribution < 1.29 is 13.2 Å². The first-order chi connectivity index (χ1) is 9.98. The molecule has 1 aromatic rings. The Kier molecular flexibility index (Phi) is 5.29. The summed E-state index contributed by atoms with van der Waals surface area (Å²) in [6, 6.07) is 6.91. The van der Waals surface area contributed by atoms with Crippen LogP contribution in [0, 0.1) is 0 Å². The highest BCUT2D eigenvalue weighted by Gasteiger charge is 2.29. The lowest BCUT2D eigenvalue weighted by Gasteiger charge is -2.33. The Morgan fingerprint density at radius 2 is 1.71 bits per heavy atom. The van der Waals surface area contributed by atoms with Gasteiger partial charge in [-0.3, -0.25) is 4.79 Å². The Labute approximate surface area is 130 Å². The van der Waals surface area contributed by atoms with E-state index in [1.165, 1.54) is 4.31 Å². The maximum Gasteiger partial charge on any atom is 0.243 e. The molecule has 1 aromatic carbocycles. The quantitative estimate of drug-likeness (QED) is 0.789. The molecule has 0 bridgehead atoms. The van der Waals surface area contributed by atoms with Gasteiger partial charge in [0, 0.05) is 37.5 Å². The highest BCUT2D eigenvalue weighted by Crippen LogP contribution is 2.21. The summed E-state index contributed by atoms with van der Waals surface area (Å²) in [5, 5.41) is 0. The molecule has 2 rings (SSSR count). The Hall–Kier alpha value is -1.05. The van der Waals surface area contributed by atoms with E-state index in [1.54, 1.807) is 28.8 Å². The van der Waals surface area contributed by atoms with E-state index in [0.717, 1.165) is 4.90 Å². The summed E-state index contributed by atoms with van der Waals surface area (Å²) < 4.78 is 26.6. The maximum absolute atomic E-state index is 12.5. The number of sulfonamides is 1. The van der Waals surface area contributed by atoms with Crippen LogP contribution in [0.4, 0.5) is 0 Å². The first-order valence-electron chi connectivity index (χ1n) is 6.91. The van der Waals surface area contributed by atoms with E-state index in [0.29, 0.717) is 37.5 Å². The zero-order valence-electron chi connectivity index (χ0n) is 12.3. The van der Waals surface area contributed by atoms with E-state index < -0.39 is 10.0 Å².